The number of hydrogen-bond acceptors (Lipinski definition) is 5. The van der Waals surface area contributed by atoms with Crippen molar-refractivity contribution >= 4 is 5.91 Å². The molecule has 30 heavy (non-hydrogen) atoms. The number of hydrogen-bond donors (Lipinski definition) is 0. The van der Waals surface area contributed by atoms with Crippen molar-refractivity contribution in [1.29, 1.82) is 0 Å². The van der Waals surface area contributed by atoms with Gasteiger partial charge in [0.15, 0.2) is 11.5 Å². The van der Waals surface area contributed by atoms with Gasteiger partial charge in [-0.25, -0.2) is 0 Å². The van der Waals surface area contributed by atoms with E-state index in [1.807, 2.05) is 35.2 Å². The number of rotatable bonds is 8. The van der Waals surface area contributed by atoms with Crippen LogP contribution in [-0.4, -0.2) is 56.2 Å². The van der Waals surface area contributed by atoms with Crippen molar-refractivity contribution < 1.29 is 19.0 Å². The molecule has 0 N–H and O–H groups in total. The standard InChI is InChI=1S/C24H30N2O4/c1-28-21-7-5-4-6-18(21)14-26(20-8-9-20)16-24(27)25-11-10-17-12-22(29-2)23(30-3)13-19(17)15-25/h4-7,12-13,20H,8-11,14-16H2,1-3H3. The van der Waals surface area contributed by atoms with Crippen LogP contribution in [0.2, 0.25) is 0 Å². The van der Waals surface area contributed by atoms with Crippen LogP contribution in [0, 0.1) is 0 Å². The molecule has 6 heteroatoms. The van der Waals surface area contributed by atoms with Gasteiger partial charge in [0.25, 0.3) is 0 Å². The lowest BCUT2D eigenvalue weighted by atomic mass is 9.98. The summed E-state index contributed by atoms with van der Waals surface area (Å²) in [5.74, 6) is 2.51. The van der Waals surface area contributed by atoms with Gasteiger partial charge >= 0.3 is 0 Å². The predicted molar refractivity (Wildman–Crippen MR) is 115 cm³/mol. The lowest BCUT2D eigenvalue weighted by Gasteiger charge is -2.32. The van der Waals surface area contributed by atoms with Crippen LogP contribution < -0.4 is 14.2 Å². The molecule has 2 aliphatic rings. The Morgan fingerprint density at radius 2 is 1.67 bits per heavy atom. The van der Waals surface area contributed by atoms with Gasteiger partial charge in [0, 0.05) is 31.2 Å². The van der Waals surface area contributed by atoms with Crippen LogP contribution in [0.5, 0.6) is 17.2 Å². The average molecular weight is 411 g/mol. The number of benzene rings is 2. The van der Waals surface area contributed by atoms with Crippen LogP contribution in [0.1, 0.15) is 29.5 Å². The Hall–Kier alpha value is -2.73. The second-order valence-electron chi connectivity index (χ2n) is 7.99. The van der Waals surface area contributed by atoms with Crippen LogP contribution in [0.3, 0.4) is 0 Å². The first-order chi connectivity index (χ1) is 14.6. The molecule has 1 heterocycles. The molecule has 4 rings (SSSR count). The molecule has 0 aromatic heterocycles. The lowest BCUT2D eigenvalue weighted by molar-refractivity contribution is -0.133. The maximum absolute atomic E-state index is 13.2. The smallest absolute Gasteiger partial charge is 0.237 e. The third-order valence-corrected chi connectivity index (χ3v) is 6.04. The third-order valence-electron chi connectivity index (χ3n) is 6.04. The summed E-state index contributed by atoms with van der Waals surface area (Å²) in [4.78, 5) is 17.4. The van der Waals surface area contributed by atoms with E-state index >= 15 is 0 Å². The van der Waals surface area contributed by atoms with E-state index in [0.29, 0.717) is 24.9 Å². The van der Waals surface area contributed by atoms with Gasteiger partial charge in [-0.3, -0.25) is 9.69 Å². The van der Waals surface area contributed by atoms with Gasteiger partial charge in [-0.2, -0.15) is 0 Å². The van der Waals surface area contributed by atoms with Crippen molar-refractivity contribution in [3.8, 4) is 17.2 Å². The molecule has 0 unspecified atom stereocenters. The molecule has 0 bridgehead atoms. The Bertz CT molecular complexity index is 910. The van der Waals surface area contributed by atoms with Crippen LogP contribution in [-0.2, 0) is 24.3 Å². The van der Waals surface area contributed by atoms with E-state index in [9.17, 15) is 4.79 Å². The van der Waals surface area contributed by atoms with Crippen molar-refractivity contribution in [1.82, 2.24) is 9.80 Å². The highest BCUT2D eigenvalue weighted by atomic mass is 16.5. The largest absolute Gasteiger partial charge is 0.496 e. The molecular weight excluding hydrogens is 380 g/mol. The lowest BCUT2D eigenvalue weighted by Crippen LogP contribution is -2.43. The Morgan fingerprint density at radius 1 is 1.00 bits per heavy atom. The molecule has 1 saturated carbocycles. The zero-order valence-corrected chi connectivity index (χ0v) is 18.0. The second kappa shape index (κ2) is 8.96. The molecule has 0 atom stereocenters. The molecule has 0 spiro atoms. The monoisotopic (exact) mass is 410 g/mol. The van der Waals surface area contributed by atoms with Crippen molar-refractivity contribution in [3.05, 3.63) is 53.1 Å². The molecule has 1 fully saturated rings. The van der Waals surface area contributed by atoms with Crippen LogP contribution >= 0.6 is 0 Å². The first-order valence-electron chi connectivity index (χ1n) is 10.5. The Kier molecular flexibility index (Phi) is 6.13. The maximum Gasteiger partial charge on any atom is 0.237 e. The molecule has 1 aliphatic carbocycles. The van der Waals surface area contributed by atoms with Gasteiger partial charge in [-0.15, -0.1) is 0 Å². The summed E-state index contributed by atoms with van der Waals surface area (Å²) in [6, 6.07) is 12.6. The van der Waals surface area contributed by atoms with E-state index in [0.717, 1.165) is 55.0 Å². The molecule has 6 nitrogen and oxygen atoms in total. The van der Waals surface area contributed by atoms with Gasteiger partial charge in [-0.05, 0) is 48.6 Å². The highest BCUT2D eigenvalue weighted by Crippen LogP contribution is 2.34. The van der Waals surface area contributed by atoms with E-state index in [1.54, 1.807) is 21.3 Å². The molecule has 2 aromatic rings. The van der Waals surface area contributed by atoms with Gasteiger partial charge in [0.05, 0.1) is 27.9 Å². The van der Waals surface area contributed by atoms with Gasteiger partial charge in [0.2, 0.25) is 5.91 Å². The number of carbonyl (C=O) groups is 1. The molecular formula is C24H30N2O4. The fourth-order valence-corrected chi connectivity index (χ4v) is 4.18. The highest BCUT2D eigenvalue weighted by molar-refractivity contribution is 5.78. The minimum atomic E-state index is 0.178. The predicted octanol–water partition coefficient (Wildman–Crippen LogP) is 3.26. The number of amides is 1. The number of fused-ring (bicyclic) bond motifs is 1. The molecule has 0 saturated heterocycles. The van der Waals surface area contributed by atoms with Crippen molar-refractivity contribution in [3.63, 3.8) is 0 Å². The summed E-state index contributed by atoms with van der Waals surface area (Å²) in [6.07, 6.45) is 3.14. The molecule has 160 valence electrons. The summed E-state index contributed by atoms with van der Waals surface area (Å²) < 4.78 is 16.4. The fourth-order valence-electron chi connectivity index (χ4n) is 4.18. The Morgan fingerprint density at radius 3 is 2.33 bits per heavy atom. The van der Waals surface area contributed by atoms with Crippen LogP contribution in [0.15, 0.2) is 36.4 Å². The van der Waals surface area contributed by atoms with Crippen LogP contribution in [0.4, 0.5) is 0 Å². The minimum absolute atomic E-state index is 0.178. The maximum atomic E-state index is 13.2. The van der Waals surface area contributed by atoms with Crippen molar-refractivity contribution in [2.75, 3.05) is 34.4 Å². The number of para-hydroxylation sites is 1. The molecule has 2 aromatic carbocycles. The summed E-state index contributed by atoms with van der Waals surface area (Å²) >= 11 is 0. The van der Waals surface area contributed by atoms with Gasteiger partial charge in [-0.1, -0.05) is 18.2 Å². The Balaban J connectivity index is 1.45. The number of methoxy groups -OCH3 is 3. The topological polar surface area (TPSA) is 51.2 Å². The summed E-state index contributed by atoms with van der Waals surface area (Å²) in [5.41, 5.74) is 3.49. The van der Waals surface area contributed by atoms with Crippen molar-refractivity contribution in [2.45, 2.75) is 38.4 Å². The quantitative estimate of drug-likeness (QED) is 0.669. The van der Waals surface area contributed by atoms with Gasteiger partial charge in [0.1, 0.15) is 5.75 Å². The average Bonchev–Trinajstić information content (AvgIpc) is 3.63. The van der Waals surface area contributed by atoms with Gasteiger partial charge < -0.3 is 19.1 Å². The number of nitrogens with zero attached hydrogens (tertiary/aromatic N) is 2. The third kappa shape index (κ3) is 4.38. The number of carbonyl (C=O) groups excluding carboxylic acids is 1. The van der Waals surface area contributed by atoms with E-state index < -0.39 is 0 Å². The summed E-state index contributed by atoms with van der Waals surface area (Å²) in [6.45, 7) is 2.51. The summed E-state index contributed by atoms with van der Waals surface area (Å²) in [7, 11) is 4.98. The van der Waals surface area contributed by atoms with E-state index in [1.165, 1.54) is 5.56 Å². The van der Waals surface area contributed by atoms with E-state index in [-0.39, 0.29) is 5.91 Å². The second-order valence-corrected chi connectivity index (χ2v) is 7.99. The van der Waals surface area contributed by atoms with E-state index in [4.69, 9.17) is 14.2 Å². The highest BCUT2D eigenvalue weighted by Gasteiger charge is 2.32. The normalized spacial score (nSPS) is 15.7. The SMILES string of the molecule is COc1ccccc1CN(CC(=O)N1CCc2cc(OC)c(OC)cc2C1)C1CC1. The fraction of sp³-hybridized carbons (Fsp3) is 0.458. The zero-order chi connectivity index (χ0) is 21.1. The van der Waals surface area contributed by atoms with Crippen LogP contribution in [0.25, 0.3) is 0 Å². The minimum Gasteiger partial charge on any atom is -0.496 e. The first kappa shape index (κ1) is 20.5. The molecule has 0 radical (unpaired) electrons. The van der Waals surface area contributed by atoms with E-state index in [2.05, 4.69) is 11.0 Å². The molecule has 1 aliphatic heterocycles. The first-order valence-corrected chi connectivity index (χ1v) is 10.5. The number of ether oxygens (including phenoxy) is 3. The zero-order valence-electron chi connectivity index (χ0n) is 18.0. The molecule has 1 amide bonds. The summed E-state index contributed by atoms with van der Waals surface area (Å²) in [5, 5.41) is 0. The Labute approximate surface area is 178 Å². The van der Waals surface area contributed by atoms with Crippen molar-refractivity contribution in [2.24, 2.45) is 0 Å².